The fraction of sp³-hybridized carbons (Fsp3) is 0.905. The van der Waals surface area contributed by atoms with Crippen LogP contribution < -0.4 is 116 Å². The van der Waals surface area contributed by atoms with Gasteiger partial charge in [0.25, 0.3) is 0 Å². The van der Waals surface area contributed by atoms with Gasteiger partial charge in [-0.05, 0) is 120 Å². The Morgan fingerprint density at radius 1 is 0.662 bits per heavy atom. The molecule has 77 heavy (non-hydrogen) atoms. The first kappa shape index (κ1) is 72.3. The van der Waals surface area contributed by atoms with Crippen LogP contribution in [0.25, 0.3) is 0 Å². The standard InChI is InChI=1S/C42H67N9O15S6.5Li/c1-22-34(21-43)39(44-26-8-12-30(13-9-26)69(53,54)55)47-40(45-27-10-14-31(15-11-27)70(56,57)58)37(22)49-51-42-46-38(25-7-6-23-4-2-3-5-24(23)16-25)41(67-42)50-48-28-17-32-33(35(18-28)71(59,60)61)19-29(68-66-65-52)20-36(32)72(62,63)64;;;;;/h22-37,39-40,44-45,47,52H,2-20H2,1H3,(H,53,54,55)(H,56,57,58)(H,59,60,61)(H,62,63,64);;;;;/q;5*+1/p-5. The Morgan fingerprint density at radius 2 is 1.21 bits per heavy atom. The summed E-state index contributed by atoms with van der Waals surface area (Å²) in [6.45, 7) is 1.87. The Hall–Kier alpha value is 1.06. The molecule has 0 aromatic carbocycles. The van der Waals surface area contributed by atoms with Crippen molar-refractivity contribution < 1.29 is 161 Å². The Labute approximate surface area is 521 Å². The predicted molar refractivity (Wildman–Crippen MR) is 253 cm³/mol. The third-order valence-corrected chi connectivity index (χ3v) is 23.7. The van der Waals surface area contributed by atoms with E-state index in [-0.39, 0.29) is 169 Å². The van der Waals surface area contributed by atoms with Gasteiger partial charge in [-0.3, -0.25) is 21.0 Å². The molecule has 24 nitrogen and oxygen atoms in total. The molecule has 406 valence electrons. The van der Waals surface area contributed by atoms with E-state index in [2.05, 4.69) is 46.7 Å². The van der Waals surface area contributed by atoms with Crippen LogP contribution in [0.4, 0.5) is 10.1 Å². The molecule has 1 aliphatic heterocycles. The molecule has 6 saturated carbocycles. The quantitative estimate of drug-likeness (QED) is 0.0345. The molecule has 14 unspecified atom stereocenters. The first-order chi connectivity index (χ1) is 34.0. The number of nitrogens with one attached hydrogen (secondary N) is 3. The van der Waals surface area contributed by atoms with Gasteiger partial charge in [0.1, 0.15) is 6.04 Å². The van der Waals surface area contributed by atoms with Crippen molar-refractivity contribution in [3.8, 4) is 6.07 Å². The molecule has 0 amide bonds. The zero-order valence-electron chi connectivity index (χ0n) is 44.6. The first-order valence-corrected chi connectivity index (χ1v) is 32.4. The van der Waals surface area contributed by atoms with E-state index < -0.39 is 115 Å². The summed E-state index contributed by atoms with van der Waals surface area (Å²) in [5, 5.41) is 48.4. The zero-order valence-corrected chi connectivity index (χ0v) is 49.5. The van der Waals surface area contributed by atoms with Crippen LogP contribution in [0.5, 0.6) is 0 Å². The summed E-state index contributed by atoms with van der Waals surface area (Å²) >= 11 is 1.57. The number of azo groups is 2. The Kier molecular flexibility index (Phi) is 29.0. The second kappa shape index (κ2) is 30.9. The Morgan fingerprint density at radius 3 is 1.75 bits per heavy atom. The molecule has 3 N–H and O–H groups in total. The third kappa shape index (κ3) is 18.5. The van der Waals surface area contributed by atoms with Crippen LogP contribution in [0.3, 0.4) is 0 Å². The minimum atomic E-state index is -5.06. The van der Waals surface area contributed by atoms with Crippen LogP contribution in [0.15, 0.2) is 20.5 Å². The molecule has 7 fully saturated rings. The average Bonchev–Trinajstić information content (AvgIpc) is 3.74. The van der Waals surface area contributed by atoms with Crippen molar-refractivity contribution in [3.05, 3.63) is 5.69 Å². The predicted octanol–water partition coefficient (Wildman–Crippen LogP) is -11.0. The van der Waals surface area contributed by atoms with E-state index in [9.17, 15) is 62.4 Å². The monoisotopic (exact) mass is 1160 g/mol. The van der Waals surface area contributed by atoms with Gasteiger partial charge >= 0.3 is 94.3 Å². The average molecular weight is 1160 g/mol. The fourth-order valence-electron chi connectivity index (χ4n) is 13.3. The maximum absolute atomic E-state index is 12.8. The molecule has 35 heteroatoms. The maximum Gasteiger partial charge on any atom is 1.00 e. The molecular weight excluding hydrogens is 1100 g/mol. The number of hydrogen-bond acceptors (Lipinski definition) is 26. The zero-order chi connectivity index (χ0) is 51.8. The number of aromatic nitrogens is 1. The summed E-state index contributed by atoms with van der Waals surface area (Å²) in [7, 11) is -19.0. The number of nitriles is 1. The van der Waals surface area contributed by atoms with Crippen LogP contribution in [-0.4, -0.2) is 120 Å². The van der Waals surface area contributed by atoms with Gasteiger partial charge in [-0.1, -0.05) is 43.9 Å². The molecule has 0 spiro atoms. The molecule has 1 saturated heterocycles. The number of nitrogens with zero attached hydrogens (tertiary/aromatic N) is 6. The van der Waals surface area contributed by atoms with Crippen molar-refractivity contribution in [1.82, 2.24) is 20.9 Å². The molecule has 7 aliphatic rings. The number of hydrogen-bond donors (Lipinski definition) is 3. The molecular formula is C42H62Li5N9O15S6. The number of rotatable bonds is 16. The van der Waals surface area contributed by atoms with E-state index in [1.165, 1.54) is 6.42 Å². The largest absolute Gasteiger partial charge is 1.00 e. The van der Waals surface area contributed by atoms with E-state index in [4.69, 9.17) is 10.1 Å². The van der Waals surface area contributed by atoms with Crippen molar-refractivity contribution in [2.24, 2.45) is 56.0 Å². The minimum absolute atomic E-state index is 0. The van der Waals surface area contributed by atoms with Crippen molar-refractivity contribution in [3.63, 3.8) is 0 Å². The summed E-state index contributed by atoms with van der Waals surface area (Å²) in [6, 6.07) is 0.310. The van der Waals surface area contributed by atoms with Gasteiger partial charge < -0.3 is 23.5 Å². The second-order valence-electron chi connectivity index (χ2n) is 21.2. The number of fused-ring (bicyclic) bond motifs is 2. The van der Waals surface area contributed by atoms with Gasteiger partial charge in [0.15, 0.2) is 5.00 Å². The maximum atomic E-state index is 12.8. The summed E-state index contributed by atoms with van der Waals surface area (Å²) in [5.41, 5.74) is 0.620. The smallest absolute Gasteiger partial charge is 0.748 e. The second-order valence-corrected chi connectivity index (χ2v) is 29.6. The number of thiazole rings is 1. The summed E-state index contributed by atoms with van der Waals surface area (Å²) in [5.74, 6) is -2.21. The van der Waals surface area contributed by atoms with Crippen molar-refractivity contribution in [2.45, 2.75) is 198 Å². The van der Waals surface area contributed by atoms with Gasteiger partial charge in [0.2, 0.25) is 5.13 Å². The van der Waals surface area contributed by atoms with E-state index in [1.54, 1.807) is 0 Å². The molecule has 0 radical (unpaired) electrons. The number of piperidine rings is 1. The van der Waals surface area contributed by atoms with E-state index >= 15 is 0 Å². The van der Waals surface area contributed by atoms with Crippen LogP contribution in [-0.2, 0) is 49.8 Å². The van der Waals surface area contributed by atoms with Crippen LogP contribution in [0.2, 0.25) is 0 Å². The third-order valence-electron chi connectivity index (χ3n) is 17.0. The Bertz CT molecular complexity index is 2630. The normalized spacial score (nSPS) is 37.0. The van der Waals surface area contributed by atoms with E-state index in [0.717, 1.165) is 49.9 Å². The minimum Gasteiger partial charge on any atom is -0.748 e. The van der Waals surface area contributed by atoms with Crippen molar-refractivity contribution in [2.75, 3.05) is 0 Å². The molecule has 1 aromatic heterocycles. The summed E-state index contributed by atoms with van der Waals surface area (Å²) in [4.78, 5) is 4.99. The van der Waals surface area contributed by atoms with Crippen molar-refractivity contribution in [1.29, 1.82) is 5.26 Å². The molecule has 0 bridgehead atoms. The first-order valence-electron chi connectivity index (χ1n) is 24.9. The van der Waals surface area contributed by atoms with Gasteiger partial charge in [-0.25, -0.2) is 38.7 Å². The molecule has 6 aliphatic carbocycles. The van der Waals surface area contributed by atoms with Crippen LogP contribution in [0.1, 0.15) is 141 Å². The molecule has 1 aromatic rings. The van der Waals surface area contributed by atoms with Crippen molar-refractivity contribution >= 4 is 74.0 Å². The summed E-state index contributed by atoms with van der Waals surface area (Å²) in [6.07, 6.45) is 7.56. The van der Waals surface area contributed by atoms with Crippen LogP contribution in [0, 0.1) is 46.8 Å². The van der Waals surface area contributed by atoms with Gasteiger partial charge in [-0.15, -0.1) is 10.2 Å². The SMILES string of the molecule is CC1C(C#N)C(NC2CCC(S(=O)(=O)[O-])CC2)NC(NC2CCC(S(=O)(=O)[O-])CC2)C1N=Nc1nc(C2CCC3CCCCC3C2)c(N=NC2CC3C(CC(SOO[O-])CC3S(=O)(=O)[O-])C(S(=O)(=O)[O-])C2)s1.[Li+].[Li+].[Li+].[Li+].[Li+]. The fourth-order valence-corrected chi connectivity index (χ4v) is 19.1. The van der Waals surface area contributed by atoms with Gasteiger partial charge in [0, 0.05) is 51.7 Å². The molecule has 8 rings (SSSR count). The topological polar surface area (TPSA) is 393 Å². The molecule has 14 atom stereocenters. The van der Waals surface area contributed by atoms with Gasteiger partial charge in [-0.2, -0.15) is 19.8 Å². The Balaban J connectivity index is 0.00000312. The summed E-state index contributed by atoms with van der Waals surface area (Å²) < 4.78 is 152. The molecule has 2 heterocycles. The van der Waals surface area contributed by atoms with Crippen LogP contribution >= 0.6 is 23.4 Å². The van der Waals surface area contributed by atoms with Gasteiger partial charge in [0.05, 0.1) is 87.0 Å². The van der Waals surface area contributed by atoms with E-state index in [1.807, 2.05) is 6.92 Å². The van der Waals surface area contributed by atoms with E-state index in [0.29, 0.717) is 60.3 Å².